The molecule has 0 saturated carbocycles. The molecule has 1 atom stereocenters. The van der Waals surface area contributed by atoms with E-state index in [0.717, 1.165) is 36.1 Å². The van der Waals surface area contributed by atoms with E-state index in [1.54, 1.807) is 23.9 Å². The molecular weight excluding hydrogens is 424 g/mol. The molecule has 1 aliphatic carbocycles. The van der Waals surface area contributed by atoms with Crippen LogP contribution in [0.2, 0.25) is 5.02 Å². The highest BCUT2D eigenvalue weighted by atomic mass is 35.5. The van der Waals surface area contributed by atoms with Crippen LogP contribution in [0, 0.1) is 0 Å². The lowest BCUT2D eigenvalue weighted by molar-refractivity contribution is 0.0933. The number of hydrogen-bond acceptors (Lipinski definition) is 4. The molecule has 1 amide bonds. The number of carbonyl (C=O) groups excluding carboxylic acids is 1. The Hall–Kier alpha value is -3.38. The van der Waals surface area contributed by atoms with Crippen LogP contribution >= 0.6 is 11.6 Å². The topological polar surface area (TPSA) is 69.0 Å². The van der Waals surface area contributed by atoms with Crippen molar-refractivity contribution in [3.8, 4) is 5.75 Å². The lowest BCUT2D eigenvalue weighted by Crippen LogP contribution is -2.30. The Morgan fingerprint density at radius 2 is 2.06 bits per heavy atom. The molecule has 1 unspecified atom stereocenters. The number of methoxy groups -OCH3 is 1. The highest BCUT2D eigenvalue weighted by Crippen LogP contribution is 2.30. The van der Waals surface area contributed by atoms with Gasteiger partial charge in [-0.2, -0.15) is 0 Å². The fourth-order valence-corrected chi connectivity index (χ4v) is 4.51. The first-order valence-electron chi connectivity index (χ1n) is 10.7. The molecule has 3 aromatic carbocycles. The van der Waals surface area contributed by atoms with Crippen LogP contribution in [0.5, 0.6) is 5.75 Å². The molecule has 1 N–H and O–H groups in total. The van der Waals surface area contributed by atoms with E-state index in [4.69, 9.17) is 16.3 Å². The van der Waals surface area contributed by atoms with E-state index in [-0.39, 0.29) is 11.9 Å². The number of hydrogen-bond donors (Lipinski definition) is 1. The van der Waals surface area contributed by atoms with Crippen LogP contribution in [0.15, 0.2) is 60.7 Å². The first-order valence-corrected chi connectivity index (χ1v) is 11.0. The minimum absolute atomic E-state index is 0.0361. The highest BCUT2D eigenvalue weighted by Gasteiger charge is 2.22. The van der Waals surface area contributed by atoms with Crippen molar-refractivity contribution in [2.24, 2.45) is 0 Å². The van der Waals surface area contributed by atoms with Crippen molar-refractivity contribution < 1.29 is 9.53 Å². The molecule has 32 heavy (non-hydrogen) atoms. The first-order chi connectivity index (χ1) is 15.6. The number of ether oxygens (including phenoxy) is 1. The number of nitrogens with zero attached hydrogens (tertiary/aromatic N) is 3. The molecule has 0 aliphatic heterocycles. The van der Waals surface area contributed by atoms with Crippen molar-refractivity contribution in [3.63, 3.8) is 0 Å². The normalized spacial score (nSPS) is 15.4. The van der Waals surface area contributed by atoms with E-state index in [1.165, 1.54) is 11.1 Å². The van der Waals surface area contributed by atoms with Gasteiger partial charge < -0.3 is 10.1 Å². The summed E-state index contributed by atoms with van der Waals surface area (Å²) in [5.41, 5.74) is 5.50. The lowest BCUT2D eigenvalue weighted by Gasteiger charge is -2.26. The standard InChI is InChI=1S/C25H23ClN4O2/c1-32-19-10-11-21(26)18(13-19)15-30-24-12-9-17(14-23(24)28-29-30)25(31)27-22-8-4-6-16-5-2-3-7-20(16)22/h2-3,5,7,9-14,22H,4,6,8,15H2,1H3,(H,27,31). The van der Waals surface area contributed by atoms with E-state index >= 15 is 0 Å². The molecule has 6 nitrogen and oxygen atoms in total. The maximum atomic E-state index is 13.0. The van der Waals surface area contributed by atoms with E-state index in [2.05, 4.69) is 33.8 Å². The SMILES string of the molecule is COc1ccc(Cl)c(Cn2nnc3cc(C(=O)NC4CCCc5ccccc54)ccc32)c1. The van der Waals surface area contributed by atoms with Gasteiger partial charge in [0.25, 0.3) is 5.91 Å². The maximum Gasteiger partial charge on any atom is 0.251 e. The van der Waals surface area contributed by atoms with Gasteiger partial charge in [-0.05, 0) is 72.4 Å². The molecule has 7 heteroatoms. The van der Waals surface area contributed by atoms with Gasteiger partial charge in [0, 0.05) is 10.6 Å². The van der Waals surface area contributed by atoms with Gasteiger partial charge in [0.2, 0.25) is 0 Å². The highest BCUT2D eigenvalue weighted by molar-refractivity contribution is 6.31. The summed E-state index contributed by atoms with van der Waals surface area (Å²) in [6.45, 7) is 0.455. The smallest absolute Gasteiger partial charge is 0.251 e. The largest absolute Gasteiger partial charge is 0.497 e. The first kappa shape index (κ1) is 20.5. The fraction of sp³-hybridized carbons (Fsp3) is 0.240. The summed E-state index contributed by atoms with van der Waals surface area (Å²) in [4.78, 5) is 13.0. The number of amides is 1. The molecular formula is C25H23ClN4O2. The summed E-state index contributed by atoms with van der Waals surface area (Å²) >= 11 is 6.35. The molecule has 0 saturated heterocycles. The van der Waals surface area contributed by atoms with Crippen molar-refractivity contribution in [1.29, 1.82) is 0 Å². The number of aromatic nitrogens is 3. The van der Waals surface area contributed by atoms with Crippen LogP contribution in [-0.4, -0.2) is 28.0 Å². The zero-order valence-electron chi connectivity index (χ0n) is 17.7. The molecule has 162 valence electrons. The van der Waals surface area contributed by atoms with E-state index < -0.39 is 0 Å². The summed E-state index contributed by atoms with van der Waals surface area (Å²) in [6, 6.07) is 19.4. The predicted octanol–water partition coefficient (Wildman–Crippen LogP) is 4.95. The van der Waals surface area contributed by atoms with Crippen molar-refractivity contribution in [2.75, 3.05) is 7.11 Å². The quantitative estimate of drug-likeness (QED) is 0.471. The van der Waals surface area contributed by atoms with Gasteiger partial charge in [0.1, 0.15) is 11.3 Å². The van der Waals surface area contributed by atoms with Gasteiger partial charge >= 0.3 is 0 Å². The maximum absolute atomic E-state index is 13.0. The second kappa shape index (κ2) is 8.63. The third-order valence-electron chi connectivity index (χ3n) is 6.02. The monoisotopic (exact) mass is 446 g/mol. The van der Waals surface area contributed by atoms with Crippen LogP contribution < -0.4 is 10.1 Å². The van der Waals surface area contributed by atoms with Crippen LogP contribution in [0.1, 0.15) is 45.9 Å². The van der Waals surface area contributed by atoms with Crippen molar-refractivity contribution in [1.82, 2.24) is 20.3 Å². The Balaban J connectivity index is 1.37. The van der Waals surface area contributed by atoms with Crippen LogP contribution in [0.25, 0.3) is 11.0 Å². The number of aryl methyl sites for hydroxylation is 1. The second-order valence-corrected chi connectivity index (χ2v) is 8.43. The van der Waals surface area contributed by atoms with E-state index in [9.17, 15) is 4.79 Å². The van der Waals surface area contributed by atoms with Gasteiger partial charge in [-0.15, -0.1) is 5.10 Å². The lowest BCUT2D eigenvalue weighted by atomic mass is 9.87. The Bertz CT molecular complexity index is 1300. The molecule has 0 radical (unpaired) electrons. The minimum atomic E-state index is -0.0982. The molecule has 1 aliphatic rings. The Kier molecular flexibility index (Phi) is 5.53. The number of rotatable bonds is 5. The van der Waals surface area contributed by atoms with Crippen molar-refractivity contribution in [3.05, 3.63) is 87.9 Å². The molecule has 0 fully saturated rings. The Morgan fingerprint density at radius 3 is 2.94 bits per heavy atom. The van der Waals surface area contributed by atoms with E-state index in [0.29, 0.717) is 22.6 Å². The number of halogens is 1. The summed E-state index contributed by atoms with van der Waals surface area (Å²) in [7, 11) is 1.62. The number of carbonyl (C=O) groups is 1. The Labute approximate surface area is 191 Å². The average Bonchev–Trinajstić information content (AvgIpc) is 3.22. The van der Waals surface area contributed by atoms with Gasteiger partial charge in [0.05, 0.1) is 25.2 Å². The second-order valence-electron chi connectivity index (χ2n) is 8.03. The fourth-order valence-electron chi connectivity index (χ4n) is 4.34. The molecule has 5 rings (SSSR count). The summed E-state index contributed by atoms with van der Waals surface area (Å²) in [5.74, 6) is 0.635. The summed E-state index contributed by atoms with van der Waals surface area (Å²) in [6.07, 6.45) is 3.08. The zero-order chi connectivity index (χ0) is 22.1. The van der Waals surface area contributed by atoms with Gasteiger partial charge in [-0.25, -0.2) is 4.68 Å². The average molecular weight is 447 g/mol. The van der Waals surface area contributed by atoms with E-state index in [1.807, 2.05) is 30.3 Å². The number of benzene rings is 3. The Morgan fingerprint density at radius 1 is 1.19 bits per heavy atom. The van der Waals surface area contributed by atoms with Crippen LogP contribution in [-0.2, 0) is 13.0 Å². The van der Waals surface area contributed by atoms with Gasteiger partial charge in [0.15, 0.2) is 0 Å². The van der Waals surface area contributed by atoms with Crippen LogP contribution in [0.3, 0.4) is 0 Å². The molecule has 4 aromatic rings. The third kappa shape index (κ3) is 3.94. The summed E-state index contributed by atoms with van der Waals surface area (Å²) < 4.78 is 7.07. The molecule has 0 bridgehead atoms. The predicted molar refractivity (Wildman–Crippen MR) is 124 cm³/mol. The van der Waals surface area contributed by atoms with Crippen molar-refractivity contribution >= 4 is 28.5 Å². The molecule has 0 spiro atoms. The molecule has 1 aromatic heterocycles. The molecule has 1 heterocycles. The minimum Gasteiger partial charge on any atom is -0.497 e. The zero-order valence-corrected chi connectivity index (χ0v) is 18.5. The number of nitrogens with one attached hydrogen (secondary N) is 1. The summed E-state index contributed by atoms with van der Waals surface area (Å²) in [5, 5.41) is 12.4. The third-order valence-corrected chi connectivity index (χ3v) is 6.39. The van der Waals surface area contributed by atoms with Gasteiger partial charge in [-0.3, -0.25) is 4.79 Å². The van der Waals surface area contributed by atoms with Gasteiger partial charge in [-0.1, -0.05) is 41.1 Å². The number of fused-ring (bicyclic) bond motifs is 2. The van der Waals surface area contributed by atoms with Crippen molar-refractivity contribution in [2.45, 2.75) is 31.8 Å². The van der Waals surface area contributed by atoms with Crippen LogP contribution in [0.4, 0.5) is 0 Å².